The molecular formula is C18H14N4O2. The highest BCUT2D eigenvalue weighted by Gasteiger charge is 2.25. The Hall–Kier alpha value is -3.28. The van der Waals surface area contributed by atoms with Gasteiger partial charge in [0.05, 0.1) is 18.5 Å². The number of benzene rings is 2. The first-order valence-corrected chi connectivity index (χ1v) is 7.52. The molecular weight excluding hydrogens is 304 g/mol. The smallest absolute Gasteiger partial charge is 0.376 e. The molecule has 0 radical (unpaired) electrons. The number of hydrogen-bond donors (Lipinski definition) is 0. The predicted molar refractivity (Wildman–Crippen MR) is 88.5 cm³/mol. The minimum Gasteiger partial charge on any atom is -0.463 e. The minimum absolute atomic E-state index is 0.157. The molecule has 24 heavy (non-hydrogen) atoms. The van der Waals surface area contributed by atoms with E-state index in [0.717, 1.165) is 22.5 Å². The second kappa shape index (κ2) is 5.73. The maximum atomic E-state index is 12.0. The van der Waals surface area contributed by atoms with E-state index in [4.69, 9.17) is 9.73 Å². The van der Waals surface area contributed by atoms with Gasteiger partial charge in [-0.05, 0) is 6.07 Å². The first-order chi connectivity index (χ1) is 11.8. The Kier molecular flexibility index (Phi) is 3.42. The van der Waals surface area contributed by atoms with Gasteiger partial charge in [0.2, 0.25) is 5.82 Å². The Bertz CT molecular complexity index is 945. The Morgan fingerprint density at radius 3 is 2.58 bits per heavy atom. The maximum absolute atomic E-state index is 12.0. The number of hydrogen-bond acceptors (Lipinski definition) is 5. The molecule has 0 fully saturated rings. The average molecular weight is 318 g/mol. The summed E-state index contributed by atoms with van der Waals surface area (Å²) in [6.45, 7) is 0.336. The molecule has 0 spiro atoms. The fourth-order valence-corrected chi connectivity index (χ4v) is 2.84. The molecule has 0 unspecified atom stereocenters. The molecule has 0 saturated heterocycles. The molecule has 0 atom stereocenters. The van der Waals surface area contributed by atoms with Crippen molar-refractivity contribution in [1.82, 2.24) is 14.8 Å². The largest absolute Gasteiger partial charge is 0.463 e. The van der Waals surface area contributed by atoms with Crippen molar-refractivity contribution in [2.24, 2.45) is 4.99 Å². The van der Waals surface area contributed by atoms with Crippen LogP contribution in [0.3, 0.4) is 0 Å². The molecule has 3 aromatic rings. The Balaban J connectivity index is 1.96. The van der Waals surface area contributed by atoms with E-state index >= 15 is 0 Å². The van der Waals surface area contributed by atoms with E-state index in [0.29, 0.717) is 12.4 Å². The SMILES string of the molecule is COC(=O)c1nnc2n1-c1ccccc1C(c1ccccc1)=NC2. The molecule has 1 aromatic heterocycles. The van der Waals surface area contributed by atoms with Gasteiger partial charge < -0.3 is 4.74 Å². The summed E-state index contributed by atoms with van der Waals surface area (Å²) in [6, 6.07) is 17.7. The van der Waals surface area contributed by atoms with Gasteiger partial charge in [-0.3, -0.25) is 9.56 Å². The lowest BCUT2D eigenvalue weighted by atomic mass is 10.0. The Labute approximate surface area is 138 Å². The molecule has 1 aliphatic heterocycles. The molecule has 0 N–H and O–H groups in total. The monoisotopic (exact) mass is 318 g/mol. The van der Waals surface area contributed by atoms with Gasteiger partial charge in [-0.1, -0.05) is 48.5 Å². The molecule has 6 heteroatoms. The fraction of sp³-hybridized carbons (Fsp3) is 0.111. The van der Waals surface area contributed by atoms with Crippen molar-refractivity contribution in [1.29, 1.82) is 0 Å². The van der Waals surface area contributed by atoms with Gasteiger partial charge in [0.1, 0.15) is 6.54 Å². The first-order valence-electron chi connectivity index (χ1n) is 7.52. The summed E-state index contributed by atoms with van der Waals surface area (Å²) in [5, 5.41) is 8.09. The summed E-state index contributed by atoms with van der Waals surface area (Å²) in [5.74, 6) is 0.241. The van der Waals surface area contributed by atoms with Crippen LogP contribution in [0.5, 0.6) is 0 Å². The van der Waals surface area contributed by atoms with Gasteiger partial charge in [0, 0.05) is 11.1 Å². The molecule has 2 heterocycles. The number of carbonyl (C=O) groups excluding carboxylic acids is 1. The van der Waals surface area contributed by atoms with Crippen LogP contribution in [0.25, 0.3) is 5.69 Å². The van der Waals surface area contributed by atoms with Crippen molar-refractivity contribution in [2.45, 2.75) is 6.54 Å². The normalized spacial score (nSPS) is 12.6. The van der Waals surface area contributed by atoms with Gasteiger partial charge in [0.15, 0.2) is 5.82 Å². The molecule has 1 aliphatic rings. The van der Waals surface area contributed by atoms with Crippen LogP contribution in [-0.2, 0) is 11.3 Å². The highest BCUT2D eigenvalue weighted by molar-refractivity contribution is 6.15. The summed E-state index contributed by atoms with van der Waals surface area (Å²) in [4.78, 5) is 16.8. The van der Waals surface area contributed by atoms with Gasteiger partial charge in [0.25, 0.3) is 0 Å². The standard InChI is InChI=1S/C18H14N4O2/c1-24-18(23)17-21-20-15-11-19-16(12-7-3-2-4-8-12)13-9-5-6-10-14(13)22(15)17/h2-10H,11H2,1H3. The van der Waals surface area contributed by atoms with Gasteiger partial charge >= 0.3 is 5.97 Å². The number of carbonyl (C=O) groups is 1. The van der Waals surface area contributed by atoms with Crippen molar-refractivity contribution in [2.75, 3.05) is 7.11 Å². The van der Waals surface area contributed by atoms with E-state index in [9.17, 15) is 4.79 Å². The van der Waals surface area contributed by atoms with E-state index in [-0.39, 0.29) is 5.82 Å². The number of esters is 1. The topological polar surface area (TPSA) is 69.4 Å². The van der Waals surface area contributed by atoms with E-state index in [1.54, 1.807) is 4.57 Å². The molecule has 2 aromatic carbocycles. The van der Waals surface area contributed by atoms with E-state index in [1.165, 1.54) is 7.11 Å². The number of fused-ring (bicyclic) bond motifs is 3. The van der Waals surface area contributed by atoms with Crippen molar-refractivity contribution in [3.8, 4) is 5.69 Å². The van der Waals surface area contributed by atoms with Crippen LogP contribution >= 0.6 is 0 Å². The zero-order chi connectivity index (χ0) is 16.5. The van der Waals surface area contributed by atoms with E-state index < -0.39 is 5.97 Å². The number of nitrogens with zero attached hydrogens (tertiary/aromatic N) is 4. The maximum Gasteiger partial charge on any atom is 0.376 e. The predicted octanol–water partition coefficient (Wildman–Crippen LogP) is 2.40. The van der Waals surface area contributed by atoms with Crippen molar-refractivity contribution in [3.63, 3.8) is 0 Å². The van der Waals surface area contributed by atoms with Gasteiger partial charge in [-0.15, -0.1) is 10.2 Å². The quantitative estimate of drug-likeness (QED) is 0.680. The third-order valence-corrected chi connectivity index (χ3v) is 3.92. The zero-order valence-corrected chi connectivity index (χ0v) is 13.0. The third kappa shape index (κ3) is 2.20. The number of ether oxygens (including phenoxy) is 1. The van der Waals surface area contributed by atoms with E-state index in [1.807, 2.05) is 54.6 Å². The number of methoxy groups -OCH3 is 1. The minimum atomic E-state index is -0.522. The molecule has 0 saturated carbocycles. The number of rotatable bonds is 2. The van der Waals surface area contributed by atoms with Crippen molar-refractivity contribution >= 4 is 11.7 Å². The van der Waals surface area contributed by atoms with Crippen molar-refractivity contribution in [3.05, 3.63) is 77.4 Å². The lowest BCUT2D eigenvalue weighted by Crippen LogP contribution is -2.14. The fourth-order valence-electron chi connectivity index (χ4n) is 2.84. The average Bonchev–Trinajstić information content (AvgIpc) is 2.99. The third-order valence-electron chi connectivity index (χ3n) is 3.92. The van der Waals surface area contributed by atoms with Crippen LogP contribution in [0.2, 0.25) is 0 Å². The number of para-hydroxylation sites is 1. The highest BCUT2D eigenvalue weighted by Crippen LogP contribution is 2.25. The summed E-state index contributed by atoms with van der Waals surface area (Å²) < 4.78 is 6.55. The van der Waals surface area contributed by atoms with Gasteiger partial charge in [-0.2, -0.15) is 0 Å². The number of aromatic nitrogens is 3. The molecule has 0 amide bonds. The van der Waals surface area contributed by atoms with E-state index in [2.05, 4.69) is 10.2 Å². The molecule has 0 aliphatic carbocycles. The van der Waals surface area contributed by atoms with Crippen LogP contribution in [0.4, 0.5) is 0 Å². The Morgan fingerprint density at radius 2 is 1.79 bits per heavy atom. The second-order valence-corrected chi connectivity index (χ2v) is 5.31. The van der Waals surface area contributed by atoms with Crippen LogP contribution in [-0.4, -0.2) is 33.6 Å². The summed E-state index contributed by atoms with van der Waals surface area (Å²) >= 11 is 0. The van der Waals surface area contributed by atoms with Crippen LogP contribution in [0.15, 0.2) is 59.6 Å². The van der Waals surface area contributed by atoms with Crippen LogP contribution in [0.1, 0.15) is 27.6 Å². The summed E-state index contributed by atoms with van der Waals surface area (Å²) in [7, 11) is 1.33. The number of aliphatic imine (C=N–C) groups is 1. The molecule has 118 valence electrons. The van der Waals surface area contributed by atoms with Gasteiger partial charge in [-0.25, -0.2) is 4.79 Å². The van der Waals surface area contributed by atoms with Crippen LogP contribution in [0, 0.1) is 0 Å². The van der Waals surface area contributed by atoms with Crippen molar-refractivity contribution < 1.29 is 9.53 Å². The highest BCUT2D eigenvalue weighted by atomic mass is 16.5. The molecule has 0 bridgehead atoms. The second-order valence-electron chi connectivity index (χ2n) is 5.31. The first kappa shape index (κ1) is 14.3. The lowest BCUT2D eigenvalue weighted by molar-refractivity contribution is 0.0584. The molecule has 4 rings (SSSR count). The lowest BCUT2D eigenvalue weighted by Gasteiger charge is -2.12. The molecule has 6 nitrogen and oxygen atoms in total. The summed E-state index contributed by atoms with van der Waals surface area (Å²) in [5.41, 5.74) is 3.63. The van der Waals surface area contributed by atoms with Crippen LogP contribution < -0.4 is 0 Å². The zero-order valence-electron chi connectivity index (χ0n) is 13.0. The Morgan fingerprint density at radius 1 is 1.04 bits per heavy atom. The summed E-state index contributed by atoms with van der Waals surface area (Å²) in [6.07, 6.45) is 0.